The molecule has 128 valence electrons. The SMILES string of the molecule is CS(=O)(=O)c1cccnc1N1CCCN(C(=O)c2cccs2)CC1. The summed E-state index contributed by atoms with van der Waals surface area (Å²) in [5, 5.41) is 1.89. The number of carbonyl (C=O) groups is 1. The Labute approximate surface area is 145 Å². The van der Waals surface area contributed by atoms with Crippen LogP contribution < -0.4 is 4.90 Å². The second-order valence-corrected chi connectivity index (χ2v) is 8.64. The molecule has 0 radical (unpaired) electrons. The fraction of sp³-hybridized carbons (Fsp3) is 0.375. The molecular weight excluding hydrogens is 346 g/mol. The fourth-order valence-corrected chi connectivity index (χ4v) is 4.33. The van der Waals surface area contributed by atoms with Gasteiger partial charge in [-0.3, -0.25) is 4.79 Å². The highest BCUT2D eigenvalue weighted by atomic mass is 32.2. The van der Waals surface area contributed by atoms with E-state index in [1.165, 1.54) is 17.6 Å². The van der Waals surface area contributed by atoms with Gasteiger partial charge in [-0.1, -0.05) is 6.07 Å². The number of rotatable bonds is 3. The van der Waals surface area contributed by atoms with E-state index in [2.05, 4.69) is 4.98 Å². The first kappa shape index (κ1) is 16.9. The second-order valence-electron chi connectivity index (χ2n) is 5.71. The first-order valence-corrected chi connectivity index (χ1v) is 10.5. The van der Waals surface area contributed by atoms with E-state index >= 15 is 0 Å². The van der Waals surface area contributed by atoms with Crippen LogP contribution in [0.3, 0.4) is 0 Å². The van der Waals surface area contributed by atoms with Crippen molar-refractivity contribution in [3.63, 3.8) is 0 Å². The molecule has 0 bridgehead atoms. The zero-order valence-electron chi connectivity index (χ0n) is 13.4. The lowest BCUT2D eigenvalue weighted by atomic mass is 10.3. The van der Waals surface area contributed by atoms with Gasteiger partial charge in [-0.15, -0.1) is 11.3 Å². The molecule has 0 aromatic carbocycles. The Morgan fingerprint density at radius 1 is 1.17 bits per heavy atom. The minimum Gasteiger partial charge on any atom is -0.354 e. The van der Waals surface area contributed by atoms with E-state index in [9.17, 15) is 13.2 Å². The van der Waals surface area contributed by atoms with E-state index < -0.39 is 9.84 Å². The highest BCUT2D eigenvalue weighted by Gasteiger charge is 2.24. The van der Waals surface area contributed by atoms with Gasteiger partial charge in [-0.05, 0) is 30.0 Å². The number of aromatic nitrogens is 1. The molecule has 0 unspecified atom stereocenters. The van der Waals surface area contributed by atoms with Crippen molar-refractivity contribution in [1.82, 2.24) is 9.88 Å². The molecule has 24 heavy (non-hydrogen) atoms. The largest absolute Gasteiger partial charge is 0.354 e. The summed E-state index contributed by atoms with van der Waals surface area (Å²) in [6.45, 7) is 2.45. The Morgan fingerprint density at radius 2 is 2.00 bits per heavy atom. The number of sulfone groups is 1. The number of carbonyl (C=O) groups excluding carboxylic acids is 1. The van der Waals surface area contributed by atoms with Gasteiger partial charge in [0, 0.05) is 38.6 Å². The van der Waals surface area contributed by atoms with Crippen molar-refractivity contribution in [2.24, 2.45) is 0 Å². The standard InChI is InChI=1S/C16H19N3O3S2/c1-24(21,22)14-6-2-7-17-15(14)18-8-4-9-19(11-10-18)16(20)13-5-3-12-23-13/h2-3,5-7,12H,4,8-11H2,1H3. The highest BCUT2D eigenvalue weighted by molar-refractivity contribution is 7.90. The van der Waals surface area contributed by atoms with Crippen LogP contribution in [0.1, 0.15) is 16.1 Å². The molecule has 2 aromatic heterocycles. The number of hydrogen-bond donors (Lipinski definition) is 0. The van der Waals surface area contributed by atoms with E-state index in [1.54, 1.807) is 18.3 Å². The first-order valence-electron chi connectivity index (χ1n) is 7.69. The van der Waals surface area contributed by atoms with Crippen LogP contribution in [-0.4, -0.2) is 56.6 Å². The number of thiophene rings is 1. The normalized spacial score (nSPS) is 16.0. The molecule has 1 aliphatic heterocycles. The lowest BCUT2D eigenvalue weighted by Gasteiger charge is -2.24. The van der Waals surface area contributed by atoms with Gasteiger partial charge in [0.25, 0.3) is 5.91 Å². The minimum atomic E-state index is -3.34. The van der Waals surface area contributed by atoms with Gasteiger partial charge in [0.05, 0.1) is 4.88 Å². The van der Waals surface area contributed by atoms with Crippen molar-refractivity contribution < 1.29 is 13.2 Å². The average molecular weight is 365 g/mol. The quantitative estimate of drug-likeness (QED) is 0.831. The second kappa shape index (κ2) is 6.90. The predicted octanol–water partition coefficient (Wildman–Crippen LogP) is 1.90. The summed E-state index contributed by atoms with van der Waals surface area (Å²) in [6, 6.07) is 6.91. The van der Waals surface area contributed by atoms with Crippen LogP contribution >= 0.6 is 11.3 Å². The van der Waals surface area contributed by atoms with Crippen LogP contribution in [0.5, 0.6) is 0 Å². The maximum absolute atomic E-state index is 12.5. The number of anilines is 1. The van der Waals surface area contributed by atoms with E-state index in [-0.39, 0.29) is 10.8 Å². The maximum Gasteiger partial charge on any atom is 0.263 e. The predicted molar refractivity (Wildman–Crippen MR) is 94.4 cm³/mol. The molecule has 2 aromatic rings. The lowest BCUT2D eigenvalue weighted by Crippen LogP contribution is -2.35. The molecule has 1 aliphatic rings. The summed E-state index contributed by atoms with van der Waals surface area (Å²) in [5.74, 6) is 0.515. The highest BCUT2D eigenvalue weighted by Crippen LogP contribution is 2.24. The summed E-state index contributed by atoms with van der Waals surface area (Å²) in [7, 11) is -3.34. The van der Waals surface area contributed by atoms with Crippen molar-refractivity contribution in [3.05, 3.63) is 40.7 Å². The third-order valence-electron chi connectivity index (χ3n) is 3.96. The van der Waals surface area contributed by atoms with Crippen molar-refractivity contribution in [3.8, 4) is 0 Å². The monoisotopic (exact) mass is 365 g/mol. The maximum atomic E-state index is 12.5. The Kier molecular flexibility index (Phi) is 4.86. The molecule has 1 fully saturated rings. The molecule has 1 saturated heterocycles. The smallest absolute Gasteiger partial charge is 0.263 e. The molecule has 3 rings (SSSR count). The van der Waals surface area contributed by atoms with Crippen LogP contribution in [0.15, 0.2) is 40.7 Å². The van der Waals surface area contributed by atoms with Gasteiger partial charge in [-0.25, -0.2) is 13.4 Å². The minimum absolute atomic E-state index is 0.0382. The van der Waals surface area contributed by atoms with Crippen molar-refractivity contribution >= 4 is 32.9 Å². The molecule has 3 heterocycles. The van der Waals surface area contributed by atoms with E-state index in [0.717, 1.165) is 11.3 Å². The Balaban J connectivity index is 1.78. The number of amides is 1. The molecule has 0 aliphatic carbocycles. The molecule has 1 amide bonds. The number of hydrogen-bond acceptors (Lipinski definition) is 6. The Morgan fingerprint density at radius 3 is 2.71 bits per heavy atom. The molecule has 6 nitrogen and oxygen atoms in total. The fourth-order valence-electron chi connectivity index (χ4n) is 2.80. The van der Waals surface area contributed by atoms with Crippen LogP contribution in [0, 0.1) is 0 Å². The third kappa shape index (κ3) is 3.59. The molecular formula is C16H19N3O3S2. The van der Waals surface area contributed by atoms with E-state index in [1.807, 2.05) is 27.3 Å². The van der Waals surface area contributed by atoms with E-state index in [0.29, 0.717) is 32.0 Å². The zero-order valence-corrected chi connectivity index (χ0v) is 15.0. The Bertz CT molecular complexity index is 819. The van der Waals surface area contributed by atoms with Crippen molar-refractivity contribution in [2.75, 3.05) is 37.3 Å². The topological polar surface area (TPSA) is 70.6 Å². The molecule has 0 spiro atoms. The van der Waals surface area contributed by atoms with Gasteiger partial charge in [0.15, 0.2) is 9.84 Å². The molecule has 0 saturated carbocycles. The molecule has 0 atom stereocenters. The summed E-state index contributed by atoms with van der Waals surface area (Å²) in [4.78, 5) is 21.5. The summed E-state index contributed by atoms with van der Waals surface area (Å²) in [6.07, 6.45) is 3.57. The summed E-state index contributed by atoms with van der Waals surface area (Å²) >= 11 is 1.44. The lowest BCUT2D eigenvalue weighted by molar-refractivity contribution is 0.0772. The van der Waals surface area contributed by atoms with Crippen molar-refractivity contribution in [1.29, 1.82) is 0 Å². The Hall–Kier alpha value is -1.93. The molecule has 0 N–H and O–H groups in total. The van der Waals surface area contributed by atoms with Crippen molar-refractivity contribution in [2.45, 2.75) is 11.3 Å². The van der Waals surface area contributed by atoms with Gasteiger partial charge < -0.3 is 9.80 Å². The zero-order chi connectivity index (χ0) is 17.2. The number of pyridine rings is 1. The van der Waals surface area contributed by atoms with Crippen LogP contribution in [0.25, 0.3) is 0 Å². The third-order valence-corrected chi connectivity index (χ3v) is 5.94. The van der Waals surface area contributed by atoms with Gasteiger partial charge in [-0.2, -0.15) is 0 Å². The summed E-state index contributed by atoms with van der Waals surface area (Å²) in [5.41, 5.74) is 0. The van der Waals surface area contributed by atoms with Crippen LogP contribution in [-0.2, 0) is 9.84 Å². The average Bonchev–Trinajstić information content (AvgIpc) is 2.98. The van der Waals surface area contributed by atoms with Gasteiger partial charge in [0.1, 0.15) is 10.7 Å². The van der Waals surface area contributed by atoms with Crippen LogP contribution in [0.4, 0.5) is 5.82 Å². The van der Waals surface area contributed by atoms with E-state index in [4.69, 9.17) is 0 Å². The first-order chi connectivity index (χ1) is 11.5. The number of nitrogens with zero attached hydrogens (tertiary/aromatic N) is 3. The van der Waals surface area contributed by atoms with Gasteiger partial charge >= 0.3 is 0 Å². The molecule has 8 heteroatoms. The van der Waals surface area contributed by atoms with Crippen LogP contribution in [0.2, 0.25) is 0 Å². The van der Waals surface area contributed by atoms with Gasteiger partial charge in [0.2, 0.25) is 0 Å². The summed E-state index contributed by atoms with van der Waals surface area (Å²) < 4.78 is 24.0.